The van der Waals surface area contributed by atoms with Gasteiger partial charge in [0.2, 0.25) is 5.95 Å². The average molecular weight is 300 g/mol. The summed E-state index contributed by atoms with van der Waals surface area (Å²) in [4.78, 5) is 14.8. The molecule has 0 unspecified atom stereocenters. The molecule has 3 rings (SSSR count). The Balaban J connectivity index is 1.75. The fraction of sp³-hybridized carbons (Fsp3) is 0.400. The van der Waals surface area contributed by atoms with E-state index >= 15 is 0 Å². The van der Waals surface area contributed by atoms with E-state index in [-0.39, 0.29) is 5.95 Å². The van der Waals surface area contributed by atoms with Crippen LogP contribution < -0.4 is 16.4 Å². The van der Waals surface area contributed by atoms with Crippen LogP contribution in [-0.4, -0.2) is 41.3 Å². The number of hydrogen-bond donors (Lipinski definition) is 2. The van der Waals surface area contributed by atoms with Crippen LogP contribution in [0.3, 0.4) is 0 Å². The van der Waals surface area contributed by atoms with Gasteiger partial charge < -0.3 is 21.1 Å². The molecule has 0 spiro atoms. The number of ether oxygens (including phenoxy) is 1. The van der Waals surface area contributed by atoms with Crippen molar-refractivity contribution >= 4 is 17.6 Å². The molecule has 0 radical (unpaired) electrons. The number of pyridine rings is 1. The van der Waals surface area contributed by atoms with Crippen LogP contribution in [0.25, 0.3) is 11.1 Å². The van der Waals surface area contributed by atoms with Crippen LogP contribution in [0, 0.1) is 0 Å². The van der Waals surface area contributed by atoms with Crippen molar-refractivity contribution in [3.8, 4) is 11.1 Å². The van der Waals surface area contributed by atoms with Crippen LogP contribution in [0.2, 0.25) is 0 Å². The van der Waals surface area contributed by atoms with Crippen molar-refractivity contribution in [2.75, 3.05) is 36.6 Å². The van der Waals surface area contributed by atoms with Crippen LogP contribution in [0.15, 0.2) is 24.5 Å². The summed E-state index contributed by atoms with van der Waals surface area (Å²) >= 11 is 0. The molecule has 0 aliphatic carbocycles. The summed E-state index contributed by atoms with van der Waals surface area (Å²) in [5.41, 5.74) is 13.0. The second-order valence-corrected chi connectivity index (χ2v) is 5.35. The molecule has 1 aliphatic rings. The van der Waals surface area contributed by atoms with Gasteiger partial charge in [0.15, 0.2) is 0 Å². The van der Waals surface area contributed by atoms with E-state index in [2.05, 4.69) is 19.9 Å². The molecule has 0 bridgehead atoms. The number of rotatable bonds is 3. The molecule has 0 saturated carbocycles. The fourth-order valence-electron chi connectivity index (χ4n) is 2.68. The maximum Gasteiger partial charge on any atom is 0.221 e. The quantitative estimate of drug-likeness (QED) is 0.881. The van der Waals surface area contributed by atoms with E-state index < -0.39 is 0 Å². The Morgan fingerprint density at radius 1 is 1.14 bits per heavy atom. The zero-order valence-electron chi connectivity index (χ0n) is 12.6. The lowest BCUT2D eigenvalue weighted by Gasteiger charge is -2.32. The van der Waals surface area contributed by atoms with E-state index in [1.807, 2.05) is 12.1 Å². The predicted molar refractivity (Wildman–Crippen MR) is 86.3 cm³/mol. The van der Waals surface area contributed by atoms with Gasteiger partial charge in [0.25, 0.3) is 0 Å². The normalized spacial score (nSPS) is 16.0. The minimum atomic E-state index is 0.173. The lowest BCUT2D eigenvalue weighted by atomic mass is 10.1. The highest BCUT2D eigenvalue weighted by atomic mass is 16.5. The first-order chi connectivity index (χ1) is 10.7. The van der Waals surface area contributed by atoms with E-state index in [4.69, 9.17) is 16.2 Å². The highest BCUT2D eigenvalue weighted by molar-refractivity contribution is 5.73. The topological polar surface area (TPSA) is 103 Å². The Morgan fingerprint density at radius 3 is 2.50 bits per heavy atom. The molecular formula is C15H20N6O. The van der Waals surface area contributed by atoms with E-state index in [9.17, 15) is 0 Å². The van der Waals surface area contributed by atoms with Gasteiger partial charge in [0.1, 0.15) is 11.6 Å². The number of piperidine rings is 1. The molecule has 1 saturated heterocycles. The first kappa shape index (κ1) is 14.5. The maximum atomic E-state index is 5.88. The Morgan fingerprint density at radius 2 is 1.91 bits per heavy atom. The van der Waals surface area contributed by atoms with Gasteiger partial charge in [-0.2, -0.15) is 4.98 Å². The van der Waals surface area contributed by atoms with Crippen LogP contribution in [-0.2, 0) is 4.74 Å². The second kappa shape index (κ2) is 6.15. The van der Waals surface area contributed by atoms with Crippen molar-refractivity contribution in [1.29, 1.82) is 0 Å². The first-order valence-corrected chi connectivity index (χ1v) is 7.29. The third kappa shape index (κ3) is 2.94. The molecule has 2 aromatic heterocycles. The zero-order chi connectivity index (χ0) is 15.5. The van der Waals surface area contributed by atoms with Gasteiger partial charge in [-0.05, 0) is 25.0 Å². The molecule has 1 fully saturated rings. The minimum Gasteiger partial charge on any atom is -0.383 e. The lowest BCUT2D eigenvalue weighted by molar-refractivity contribution is 0.0818. The highest BCUT2D eigenvalue weighted by Gasteiger charge is 2.19. The molecule has 22 heavy (non-hydrogen) atoms. The molecule has 116 valence electrons. The van der Waals surface area contributed by atoms with Gasteiger partial charge in [-0.15, -0.1) is 0 Å². The van der Waals surface area contributed by atoms with E-state index in [1.165, 1.54) is 0 Å². The van der Waals surface area contributed by atoms with Gasteiger partial charge in [-0.3, -0.25) is 0 Å². The number of methoxy groups -OCH3 is 1. The Bertz CT molecular complexity index is 637. The fourth-order valence-corrected chi connectivity index (χ4v) is 2.68. The summed E-state index contributed by atoms with van der Waals surface area (Å²) in [6.07, 6.45) is 5.83. The third-order valence-electron chi connectivity index (χ3n) is 4.00. The van der Waals surface area contributed by atoms with Gasteiger partial charge >= 0.3 is 0 Å². The molecule has 3 heterocycles. The Hall–Kier alpha value is -2.41. The number of anilines is 3. The molecule has 0 amide bonds. The summed E-state index contributed by atoms with van der Waals surface area (Å²) in [7, 11) is 1.77. The van der Waals surface area contributed by atoms with Crippen LogP contribution in [0.4, 0.5) is 17.6 Å². The summed E-state index contributed by atoms with van der Waals surface area (Å²) in [6.45, 7) is 1.91. The molecule has 0 aromatic carbocycles. The standard InChI is InChI=1S/C15H20N6O/c1-22-11-4-6-21(7-5-11)13-3-2-10(8-18-13)12-9-19-15(17)20-14(12)16/h2-3,8-9,11H,4-7H2,1H3,(H4,16,17,19,20). The number of aromatic nitrogens is 3. The third-order valence-corrected chi connectivity index (χ3v) is 4.00. The van der Waals surface area contributed by atoms with Crippen molar-refractivity contribution in [3.63, 3.8) is 0 Å². The van der Waals surface area contributed by atoms with Crippen molar-refractivity contribution < 1.29 is 4.74 Å². The van der Waals surface area contributed by atoms with Crippen LogP contribution >= 0.6 is 0 Å². The smallest absolute Gasteiger partial charge is 0.221 e. The molecule has 0 atom stereocenters. The molecule has 2 aromatic rings. The van der Waals surface area contributed by atoms with Crippen LogP contribution in [0.5, 0.6) is 0 Å². The maximum absolute atomic E-state index is 5.88. The summed E-state index contributed by atoms with van der Waals surface area (Å²) in [6, 6.07) is 3.98. The van der Waals surface area contributed by atoms with E-state index in [1.54, 1.807) is 19.5 Å². The van der Waals surface area contributed by atoms with E-state index in [0.29, 0.717) is 11.9 Å². The van der Waals surface area contributed by atoms with Crippen LogP contribution in [0.1, 0.15) is 12.8 Å². The summed E-state index contributed by atoms with van der Waals surface area (Å²) < 4.78 is 5.39. The average Bonchev–Trinajstić information content (AvgIpc) is 2.55. The monoisotopic (exact) mass is 300 g/mol. The second-order valence-electron chi connectivity index (χ2n) is 5.35. The van der Waals surface area contributed by atoms with Gasteiger partial charge in [0.05, 0.1) is 6.10 Å². The number of nitrogen functional groups attached to an aromatic ring is 2. The summed E-state index contributed by atoms with van der Waals surface area (Å²) in [5.74, 6) is 1.50. The minimum absolute atomic E-state index is 0.173. The SMILES string of the molecule is COC1CCN(c2ccc(-c3cnc(N)nc3N)cn2)CC1. The van der Waals surface area contributed by atoms with Crippen molar-refractivity contribution in [1.82, 2.24) is 15.0 Å². The van der Waals surface area contributed by atoms with Crippen molar-refractivity contribution in [3.05, 3.63) is 24.5 Å². The van der Waals surface area contributed by atoms with Crippen molar-refractivity contribution in [2.45, 2.75) is 18.9 Å². The Kier molecular flexibility index (Phi) is 4.06. The molecule has 1 aliphatic heterocycles. The molecule has 4 N–H and O–H groups in total. The lowest BCUT2D eigenvalue weighted by Crippen LogP contribution is -2.37. The van der Waals surface area contributed by atoms with Gasteiger partial charge in [0, 0.05) is 43.7 Å². The number of hydrogen-bond acceptors (Lipinski definition) is 7. The zero-order valence-corrected chi connectivity index (χ0v) is 12.6. The molecule has 7 nitrogen and oxygen atoms in total. The number of nitrogens with two attached hydrogens (primary N) is 2. The predicted octanol–water partition coefficient (Wildman–Crippen LogP) is 1.32. The van der Waals surface area contributed by atoms with Gasteiger partial charge in [-0.1, -0.05) is 0 Å². The Labute approximate surface area is 129 Å². The summed E-state index contributed by atoms with van der Waals surface area (Å²) in [5, 5.41) is 0. The number of nitrogens with zero attached hydrogens (tertiary/aromatic N) is 4. The molecule has 7 heteroatoms. The van der Waals surface area contributed by atoms with Gasteiger partial charge in [-0.25, -0.2) is 9.97 Å². The van der Waals surface area contributed by atoms with E-state index in [0.717, 1.165) is 42.9 Å². The first-order valence-electron chi connectivity index (χ1n) is 7.29. The van der Waals surface area contributed by atoms with Crippen molar-refractivity contribution in [2.24, 2.45) is 0 Å². The molecular weight excluding hydrogens is 280 g/mol. The highest BCUT2D eigenvalue weighted by Crippen LogP contribution is 2.26. The largest absolute Gasteiger partial charge is 0.383 e.